The predicted octanol–water partition coefficient (Wildman–Crippen LogP) is 2.92. The zero-order valence-corrected chi connectivity index (χ0v) is 11.4. The Hall–Kier alpha value is -0.570. The van der Waals surface area contributed by atoms with E-state index in [1.807, 2.05) is 6.92 Å². The van der Waals surface area contributed by atoms with Crippen molar-refractivity contribution in [2.24, 2.45) is 23.2 Å². The molecular weight excluding hydrogens is 216 g/mol. The first-order chi connectivity index (χ1) is 7.78. The molecule has 0 amide bonds. The minimum atomic E-state index is -0.856. The fraction of sp³-hybridized carbons (Fsp3) is 0.929. The van der Waals surface area contributed by atoms with Gasteiger partial charge in [0.15, 0.2) is 0 Å². The maximum absolute atomic E-state index is 11.3. The molecule has 0 heterocycles. The van der Waals surface area contributed by atoms with Gasteiger partial charge in [-0.05, 0) is 49.9 Å². The van der Waals surface area contributed by atoms with Crippen molar-refractivity contribution < 1.29 is 15.0 Å². The molecule has 3 nitrogen and oxygen atoms in total. The second-order valence-electron chi connectivity index (χ2n) is 6.29. The predicted molar refractivity (Wildman–Crippen MR) is 67.7 cm³/mol. The van der Waals surface area contributed by atoms with Crippen molar-refractivity contribution in [3.05, 3.63) is 0 Å². The van der Waals surface area contributed by atoms with E-state index in [0.717, 1.165) is 25.7 Å². The maximum atomic E-state index is 11.3. The molecule has 0 saturated heterocycles. The first-order valence-electron chi connectivity index (χ1n) is 6.69. The third kappa shape index (κ3) is 3.21. The van der Waals surface area contributed by atoms with Crippen LogP contribution in [0.2, 0.25) is 0 Å². The SMILES string of the molecule is CC(C)C1CCC(C)(C(C(=O)O)C(C)O)CC1. The lowest BCUT2D eigenvalue weighted by atomic mass is 9.62. The van der Waals surface area contributed by atoms with E-state index in [1.54, 1.807) is 6.92 Å². The van der Waals surface area contributed by atoms with Crippen LogP contribution < -0.4 is 0 Å². The molecule has 0 aromatic rings. The Balaban J connectivity index is 2.73. The van der Waals surface area contributed by atoms with E-state index in [2.05, 4.69) is 13.8 Å². The smallest absolute Gasteiger partial charge is 0.309 e. The maximum Gasteiger partial charge on any atom is 0.309 e. The summed E-state index contributed by atoms with van der Waals surface area (Å²) in [6.07, 6.45) is 3.23. The average molecular weight is 242 g/mol. The molecular formula is C14H26O3. The van der Waals surface area contributed by atoms with Crippen molar-refractivity contribution in [3.8, 4) is 0 Å². The Morgan fingerprint density at radius 2 is 1.71 bits per heavy atom. The number of aliphatic hydroxyl groups is 1. The first kappa shape index (κ1) is 14.5. The molecule has 0 spiro atoms. The zero-order chi connectivity index (χ0) is 13.2. The monoisotopic (exact) mass is 242 g/mol. The molecule has 0 bridgehead atoms. The molecule has 0 aromatic heterocycles. The van der Waals surface area contributed by atoms with Crippen LogP contribution in [0.1, 0.15) is 53.4 Å². The van der Waals surface area contributed by atoms with Crippen LogP contribution in [0.15, 0.2) is 0 Å². The number of hydrogen-bond acceptors (Lipinski definition) is 2. The van der Waals surface area contributed by atoms with Crippen molar-refractivity contribution in [2.75, 3.05) is 0 Å². The summed E-state index contributed by atoms with van der Waals surface area (Å²) in [5, 5.41) is 19.0. The van der Waals surface area contributed by atoms with Gasteiger partial charge in [0.2, 0.25) is 0 Å². The third-order valence-electron chi connectivity index (χ3n) is 4.61. The molecule has 1 saturated carbocycles. The Labute approximate surface area is 104 Å². The van der Waals surface area contributed by atoms with Crippen molar-refractivity contribution in [2.45, 2.75) is 59.5 Å². The summed E-state index contributed by atoms with van der Waals surface area (Å²) >= 11 is 0. The van der Waals surface area contributed by atoms with Gasteiger partial charge in [-0.3, -0.25) is 4.79 Å². The van der Waals surface area contributed by atoms with Crippen molar-refractivity contribution in [1.82, 2.24) is 0 Å². The molecule has 3 heteroatoms. The van der Waals surface area contributed by atoms with Gasteiger partial charge in [-0.25, -0.2) is 0 Å². The van der Waals surface area contributed by atoms with Crippen LogP contribution in [0.3, 0.4) is 0 Å². The molecule has 1 fully saturated rings. The average Bonchev–Trinajstić information content (AvgIpc) is 2.16. The van der Waals surface area contributed by atoms with Gasteiger partial charge < -0.3 is 10.2 Å². The molecule has 2 N–H and O–H groups in total. The second-order valence-corrected chi connectivity index (χ2v) is 6.29. The van der Waals surface area contributed by atoms with Gasteiger partial charge >= 0.3 is 5.97 Å². The Bertz CT molecular complexity index is 263. The largest absolute Gasteiger partial charge is 0.481 e. The molecule has 1 rings (SSSR count). The van der Waals surface area contributed by atoms with Gasteiger partial charge in [0.05, 0.1) is 12.0 Å². The fourth-order valence-corrected chi connectivity index (χ4v) is 3.36. The van der Waals surface area contributed by atoms with E-state index >= 15 is 0 Å². The van der Waals surface area contributed by atoms with Crippen LogP contribution in [0.5, 0.6) is 0 Å². The summed E-state index contributed by atoms with van der Waals surface area (Å²) in [6.45, 7) is 8.08. The van der Waals surface area contributed by atoms with E-state index in [-0.39, 0.29) is 5.41 Å². The summed E-state index contributed by atoms with van der Waals surface area (Å²) < 4.78 is 0. The minimum absolute atomic E-state index is 0.245. The number of aliphatic hydroxyl groups excluding tert-OH is 1. The van der Waals surface area contributed by atoms with Crippen LogP contribution in [-0.4, -0.2) is 22.3 Å². The number of carbonyl (C=O) groups is 1. The summed E-state index contributed by atoms with van der Waals surface area (Å²) in [5.41, 5.74) is -0.245. The molecule has 0 aliphatic heterocycles. The molecule has 100 valence electrons. The molecule has 1 aliphatic carbocycles. The standard InChI is InChI=1S/C14H26O3/c1-9(2)11-5-7-14(4,8-6-11)12(10(3)15)13(16)17/h9-12,15H,5-8H2,1-4H3,(H,16,17). The number of carboxylic acid groups (broad SMARTS) is 1. The third-order valence-corrected chi connectivity index (χ3v) is 4.61. The highest BCUT2D eigenvalue weighted by Gasteiger charge is 2.44. The summed E-state index contributed by atoms with van der Waals surface area (Å²) in [7, 11) is 0. The number of aliphatic carboxylic acids is 1. The van der Waals surface area contributed by atoms with Crippen LogP contribution >= 0.6 is 0 Å². The quantitative estimate of drug-likeness (QED) is 0.797. The first-order valence-corrected chi connectivity index (χ1v) is 6.69. The van der Waals surface area contributed by atoms with Crippen LogP contribution in [0, 0.1) is 23.2 Å². The van der Waals surface area contributed by atoms with Crippen LogP contribution in [0.25, 0.3) is 0 Å². The van der Waals surface area contributed by atoms with Gasteiger partial charge in [-0.15, -0.1) is 0 Å². The fourth-order valence-electron chi connectivity index (χ4n) is 3.36. The highest BCUT2D eigenvalue weighted by atomic mass is 16.4. The summed E-state index contributed by atoms with van der Waals surface area (Å²) in [4.78, 5) is 11.3. The Morgan fingerprint density at radius 3 is 2.00 bits per heavy atom. The summed E-state index contributed by atoms with van der Waals surface area (Å²) in [6, 6.07) is 0. The minimum Gasteiger partial charge on any atom is -0.481 e. The number of carboxylic acids is 1. The molecule has 0 aromatic carbocycles. The second kappa shape index (κ2) is 5.38. The normalized spacial score (nSPS) is 33.4. The highest BCUT2D eigenvalue weighted by Crippen LogP contribution is 2.47. The molecule has 2 atom stereocenters. The van der Waals surface area contributed by atoms with E-state index in [9.17, 15) is 15.0 Å². The van der Waals surface area contributed by atoms with Crippen molar-refractivity contribution in [1.29, 1.82) is 0 Å². The topological polar surface area (TPSA) is 57.5 Å². The number of hydrogen-bond donors (Lipinski definition) is 2. The van der Waals surface area contributed by atoms with E-state index in [4.69, 9.17) is 0 Å². The number of rotatable bonds is 4. The lowest BCUT2D eigenvalue weighted by Crippen LogP contribution is -2.43. The van der Waals surface area contributed by atoms with Gasteiger partial charge in [0.25, 0.3) is 0 Å². The van der Waals surface area contributed by atoms with Crippen LogP contribution in [0.4, 0.5) is 0 Å². The van der Waals surface area contributed by atoms with Crippen LogP contribution in [-0.2, 0) is 4.79 Å². The van der Waals surface area contributed by atoms with E-state index in [0.29, 0.717) is 11.8 Å². The van der Waals surface area contributed by atoms with Gasteiger partial charge in [0, 0.05) is 0 Å². The van der Waals surface area contributed by atoms with Crippen molar-refractivity contribution >= 4 is 5.97 Å². The summed E-state index contributed by atoms with van der Waals surface area (Å²) in [5.74, 6) is -0.0954. The Kier molecular flexibility index (Phi) is 4.59. The van der Waals surface area contributed by atoms with Gasteiger partial charge in [-0.2, -0.15) is 0 Å². The van der Waals surface area contributed by atoms with E-state index < -0.39 is 18.0 Å². The molecule has 17 heavy (non-hydrogen) atoms. The van der Waals surface area contributed by atoms with Gasteiger partial charge in [-0.1, -0.05) is 20.8 Å². The van der Waals surface area contributed by atoms with Crippen molar-refractivity contribution in [3.63, 3.8) is 0 Å². The molecule has 0 radical (unpaired) electrons. The van der Waals surface area contributed by atoms with E-state index in [1.165, 1.54) is 0 Å². The molecule has 2 unspecified atom stereocenters. The Morgan fingerprint density at radius 1 is 1.24 bits per heavy atom. The zero-order valence-electron chi connectivity index (χ0n) is 11.4. The molecule has 1 aliphatic rings. The van der Waals surface area contributed by atoms with Gasteiger partial charge in [0.1, 0.15) is 0 Å². The highest BCUT2D eigenvalue weighted by molar-refractivity contribution is 5.71. The lowest BCUT2D eigenvalue weighted by molar-refractivity contribution is -0.153. The lowest BCUT2D eigenvalue weighted by Gasteiger charge is -2.43.